The third-order valence-corrected chi connectivity index (χ3v) is 4.53. The summed E-state index contributed by atoms with van der Waals surface area (Å²) < 4.78 is 0. The largest absolute Gasteiger partial charge is 0.369 e. The van der Waals surface area contributed by atoms with Crippen molar-refractivity contribution in [2.24, 2.45) is 0 Å². The highest BCUT2D eigenvalue weighted by atomic mass is 15.2. The Bertz CT molecular complexity index is 407. The Hall–Kier alpha value is -1.02. The lowest BCUT2D eigenvalue weighted by atomic mass is 9.97. The number of fused-ring (bicyclic) bond motifs is 1. The van der Waals surface area contributed by atoms with Crippen LogP contribution in [0.5, 0.6) is 0 Å². The number of anilines is 1. The molecule has 98 valence electrons. The van der Waals surface area contributed by atoms with Gasteiger partial charge in [-0.25, -0.2) is 0 Å². The van der Waals surface area contributed by atoms with Crippen LogP contribution in [0.15, 0.2) is 24.3 Å². The maximum Gasteiger partial charge on any atom is 0.0412 e. The first-order valence-electron chi connectivity index (χ1n) is 7.41. The van der Waals surface area contributed by atoms with Crippen molar-refractivity contribution in [3.8, 4) is 0 Å². The molecule has 0 radical (unpaired) electrons. The fourth-order valence-corrected chi connectivity index (χ4v) is 3.61. The van der Waals surface area contributed by atoms with E-state index in [1.54, 1.807) is 0 Å². The third kappa shape index (κ3) is 2.14. The number of benzene rings is 1. The van der Waals surface area contributed by atoms with Gasteiger partial charge >= 0.3 is 0 Å². The summed E-state index contributed by atoms with van der Waals surface area (Å²) >= 11 is 0. The molecule has 1 aliphatic heterocycles. The number of rotatable bonds is 2. The molecule has 2 nitrogen and oxygen atoms in total. The molecule has 3 rings (SSSR count). The van der Waals surface area contributed by atoms with Crippen molar-refractivity contribution >= 4 is 5.69 Å². The van der Waals surface area contributed by atoms with E-state index in [1.807, 2.05) is 0 Å². The summed E-state index contributed by atoms with van der Waals surface area (Å²) in [6, 6.07) is 8.91. The van der Waals surface area contributed by atoms with E-state index in [0.29, 0.717) is 5.54 Å². The summed E-state index contributed by atoms with van der Waals surface area (Å²) in [5.74, 6) is 0. The molecule has 1 aliphatic carbocycles. The number of para-hydroxylation sites is 1. The van der Waals surface area contributed by atoms with Gasteiger partial charge in [0.2, 0.25) is 0 Å². The maximum absolute atomic E-state index is 3.86. The molecule has 1 fully saturated rings. The highest BCUT2D eigenvalue weighted by Gasteiger charge is 2.37. The quantitative estimate of drug-likeness (QED) is 0.858. The fourth-order valence-electron chi connectivity index (χ4n) is 3.61. The summed E-state index contributed by atoms with van der Waals surface area (Å²) in [6.45, 7) is 5.69. The van der Waals surface area contributed by atoms with E-state index < -0.39 is 0 Å². The second-order valence-corrected chi connectivity index (χ2v) is 5.89. The van der Waals surface area contributed by atoms with E-state index in [2.05, 4.69) is 41.4 Å². The summed E-state index contributed by atoms with van der Waals surface area (Å²) in [5.41, 5.74) is 3.30. The highest BCUT2D eigenvalue weighted by Crippen LogP contribution is 2.35. The van der Waals surface area contributed by atoms with E-state index in [1.165, 1.54) is 56.4 Å². The molecule has 0 bridgehead atoms. The van der Waals surface area contributed by atoms with E-state index in [0.717, 1.165) is 6.54 Å². The molecule has 18 heavy (non-hydrogen) atoms. The Labute approximate surface area is 110 Å². The van der Waals surface area contributed by atoms with Gasteiger partial charge in [-0.1, -0.05) is 38.0 Å². The van der Waals surface area contributed by atoms with E-state index in [4.69, 9.17) is 0 Å². The van der Waals surface area contributed by atoms with Gasteiger partial charge in [0.1, 0.15) is 0 Å². The first kappa shape index (κ1) is 12.0. The fraction of sp³-hybridized carbons (Fsp3) is 0.625. The molecule has 1 spiro atoms. The van der Waals surface area contributed by atoms with Crippen LogP contribution in [-0.2, 0) is 6.54 Å². The van der Waals surface area contributed by atoms with Crippen molar-refractivity contribution in [2.45, 2.75) is 51.1 Å². The predicted molar refractivity (Wildman–Crippen MR) is 77.0 cm³/mol. The molecule has 0 aromatic heterocycles. The van der Waals surface area contributed by atoms with Crippen molar-refractivity contribution < 1.29 is 0 Å². The summed E-state index contributed by atoms with van der Waals surface area (Å²) in [6.07, 6.45) is 6.71. The van der Waals surface area contributed by atoms with Crippen LogP contribution in [0, 0.1) is 0 Å². The zero-order valence-electron chi connectivity index (χ0n) is 11.4. The van der Waals surface area contributed by atoms with Crippen LogP contribution in [0.25, 0.3) is 0 Å². The summed E-state index contributed by atoms with van der Waals surface area (Å²) in [5, 5.41) is 3.86. The zero-order chi connectivity index (χ0) is 12.4. The number of hydrogen-bond donors (Lipinski definition) is 1. The summed E-state index contributed by atoms with van der Waals surface area (Å²) in [4.78, 5) is 2.61. The smallest absolute Gasteiger partial charge is 0.0412 e. The first-order valence-corrected chi connectivity index (χ1v) is 7.41. The SMILES string of the molecule is CCCN1CC2(CCCC2)NCc2ccccc21. The van der Waals surface area contributed by atoms with E-state index in [-0.39, 0.29) is 0 Å². The van der Waals surface area contributed by atoms with Crippen LogP contribution < -0.4 is 10.2 Å². The van der Waals surface area contributed by atoms with Crippen LogP contribution in [-0.4, -0.2) is 18.6 Å². The minimum absolute atomic E-state index is 0.383. The minimum Gasteiger partial charge on any atom is -0.369 e. The molecular weight excluding hydrogens is 220 g/mol. The molecule has 1 saturated carbocycles. The molecule has 0 unspecified atom stereocenters. The van der Waals surface area contributed by atoms with Crippen LogP contribution >= 0.6 is 0 Å². The highest BCUT2D eigenvalue weighted by molar-refractivity contribution is 5.55. The molecular formula is C16H24N2. The predicted octanol–water partition coefficient (Wildman–Crippen LogP) is 3.32. The molecule has 1 N–H and O–H groups in total. The standard InChI is InChI=1S/C16H24N2/c1-2-11-18-13-16(9-5-6-10-16)17-12-14-7-3-4-8-15(14)18/h3-4,7-8,17H,2,5-6,9-13H2,1H3. The molecule has 2 heteroatoms. The van der Waals surface area contributed by atoms with Gasteiger partial charge in [0, 0.05) is 30.9 Å². The van der Waals surface area contributed by atoms with Gasteiger partial charge in [0.05, 0.1) is 0 Å². The Kier molecular flexibility index (Phi) is 3.29. The van der Waals surface area contributed by atoms with Gasteiger partial charge in [-0.2, -0.15) is 0 Å². The lowest BCUT2D eigenvalue weighted by Crippen LogP contribution is -2.49. The second-order valence-electron chi connectivity index (χ2n) is 5.89. The molecule has 0 saturated heterocycles. The van der Waals surface area contributed by atoms with Crippen molar-refractivity contribution in [1.82, 2.24) is 5.32 Å². The van der Waals surface area contributed by atoms with Gasteiger partial charge in [-0.3, -0.25) is 0 Å². The Morgan fingerprint density at radius 3 is 2.78 bits per heavy atom. The lowest BCUT2D eigenvalue weighted by Gasteiger charge is -2.34. The first-order chi connectivity index (χ1) is 8.83. The van der Waals surface area contributed by atoms with E-state index >= 15 is 0 Å². The van der Waals surface area contributed by atoms with Crippen LogP contribution in [0.4, 0.5) is 5.69 Å². The summed E-state index contributed by atoms with van der Waals surface area (Å²) in [7, 11) is 0. The second kappa shape index (κ2) is 4.93. The monoisotopic (exact) mass is 244 g/mol. The number of hydrogen-bond acceptors (Lipinski definition) is 2. The normalized spacial score (nSPS) is 21.9. The van der Waals surface area contributed by atoms with Gasteiger partial charge in [-0.05, 0) is 30.9 Å². The molecule has 0 amide bonds. The molecule has 1 aromatic rings. The lowest BCUT2D eigenvalue weighted by molar-refractivity contribution is 0.338. The molecule has 1 heterocycles. The van der Waals surface area contributed by atoms with Gasteiger partial charge in [0.15, 0.2) is 0 Å². The van der Waals surface area contributed by atoms with Crippen LogP contribution in [0.1, 0.15) is 44.6 Å². The Balaban J connectivity index is 1.92. The molecule has 2 aliphatic rings. The number of nitrogens with zero attached hydrogens (tertiary/aromatic N) is 1. The average molecular weight is 244 g/mol. The van der Waals surface area contributed by atoms with Crippen molar-refractivity contribution in [3.05, 3.63) is 29.8 Å². The Morgan fingerprint density at radius 2 is 2.00 bits per heavy atom. The average Bonchev–Trinajstić information content (AvgIpc) is 2.79. The van der Waals surface area contributed by atoms with Gasteiger partial charge in [0.25, 0.3) is 0 Å². The van der Waals surface area contributed by atoms with E-state index in [9.17, 15) is 0 Å². The topological polar surface area (TPSA) is 15.3 Å². The maximum atomic E-state index is 3.86. The minimum atomic E-state index is 0.383. The Morgan fingerprint density at radius 1 is 1.22 bits per heavy atom. The van der Waals surface area contributed by atoms with Crippen LogP contribution in [0.3, 0.4) is 0 Å². The van der Waals surface area contributed by atoms with Crippen molar-refractivity contribution in [3.63, 3.8) is 0 Å². The third-order valence-electron chi connectivity index (χ3n) is 4.53. The molecule has 1 aromatic carbocycles. The zero-order valence-corrected chi connectivity index (χ0v) is 11.4. The van der Waals surface area contributed by atoms with Crippen LogP contribution in [0.2, 0.25) is 0 Å². The van der Waals surface area contributed by atoms with Crippen molar-refractivity contribution in [2.75, 3.05) is 18.0 Å². The van der Waals surface area contributed by atoms with Gasteiger partial charge in [-0.15, -0.1) is 0 Å². The number of nitrogens with one attached hydrogen (secondary N) is 1. The molecule has 0 atom stereocenters. The van der Waals surface area contributed by atoms with Gasteiger partial charge < -0.3 is 10.2 Å². The van der Waals surface area contributed by atoms with Crippen molar-refractivity contribution in [1.29, 1.82) is 0 Å².